The van der Waals surface area contributed by atoms with Gasteiger partial charge >= 0.3 is 17.9 Å². The summed E-state index contributed by atoms with van der Waals surface area (Å²) in [5.74, 6) is -1.12. The Bertz CT molecular complexity index is 1040. The molecule has 0 aromatic rings. The highest BCUT2D eigenvalue weighted by molar-refractivity contribution is 5.72. The van der Waals surface area contributed by atoms with Gasteiger partial charge in [0.05, 0.1) is 6.42 Å². The zero-order valence-electron chi connectivity index (χ0n) is 32.6. The van der Waals surface area contributed by atoms with Crippen LogP contribution in [0.2, 0.25) is 0 Å². The minimum Gasteiger partial charge on any atom is -0.462 e. The third kappa shape index (κ3) is 37.7. The van der Waals surface area contributed by atoms with E-state index in [2.05, 4.69) is 93.7 Å². The Kier molecular flexibility index (Phi) is 36.7. The van der Waals surface area contributed by atoms with Gasteiger partial charge < -0.3 is 14.2 Å². The van der Waals surface area contributed by atoms with Gasteiger partial charge in [0.2, 0.25) is 0 Å². The molecule has 51 heavy (non-hydrogen) atoms. The van der Waals surface area contributed by atoms with Crippen LogP contribution < -0.4 is 0 Å². The maximum atomic E-state index is 12.5. The van der Waals surface area contributed by atoms with Crippen molar-refractivity contribution in [2.75, 3.05) is 13.2 Å². The molecule has 0 N–H and O–H groups in total. The molecule has 6 nitrogen and oxygen atoms in total. The lowest BCUT2D eigenvalue weighted by Crippen LogP contribution is -2.30. The smallest absolute Gasteiger partial charge is 0.310 e. The first-order valence-corrected chi connectivity index (χ1v) is 20.1. The molecule has 0 aliphatic rings. The highest BCUT2D eigenvalue weighted by Crippen LogP contribution is 2.11. The Hall–Kier alpha value is -3.41. The Morgan fingerprint density at radius 1 is 0.451 bits per heavy atom. The average Bonchev–Trinajstić information content (AvgIpc) is 3.12. The Labute approximate surface area is 312 Å². The molecule has 1 unspecified atom stereocenters. The lowest BCUT2D eigenvalue weighted by Gasteiger charge is -2.18. The second-order valence-corrected chi connectivity index (χ2v) is 12.9. The van der Waals surface area contributed by atoms with Crippen LogP contribution in [-0.4, -0.2) is 37.2 Å². The third-order valence-electron chi connectivity index (χ3n) is 7.96. The summed E-state index contributed by atoms with van der Waals surface area (Å²) in [5.41, 5.74) is 0. The number of hydrogen-bond acceptors (Lipinski definition) is 6. The number of allylic oxidation sites excluding steroid dienone is 13. The van der Waals surface area contributed by atoms with Gasteiger partial charge in [0.15, 0.2) is 6.10 Å². The summed E-state index contributed by atoms with van der Waals surface area (Å²) >= 11 is 0. The molecule has 0 heterocycles. The van der Waals surface area contributed by atoms with Crippen molar-refractivity contribution in [3.63, 3.8) is 0 Å². The van der Waals surface area contributed by atoms with Crippen molar-refractivity contribution < 1.29 is 28.6 Å². The number of hydrogen-bond donors (Lipinski definition) is 0. The Morgan fingerprint density at radius 2 is 0.941 bits per heavy atom. The number of esters is 3. The van der Waals surface area contributed by atoms with Gasteiger partial charge in [0, 0.05) is 12.8 Å². The first-order chi connectivity index (χ1) is 25.0. The van der Waals surface area contributed by atoms with E-state index in [0.717, 1.165) is 64.2 Å². The van der Waals surface area contributed by atoms with Gasteiger partial charge in [-0.15, -0.1) is 0 Å². The van der Waals surface area contributed by atoms with Crippen molar-refractivity contribution in [2.24, 2.45) is 0 Å². The van der Waals surface area contributed by atoms with E-state index in [4.69, 9.17) is 14.2 Å². The second kappa shape index (κ2) is 39.4. The lowest BCUT2D eigenvalue weighted by molar-refractivity contribution is -0.166. The average molecular weight is 709 g/mol. The predicted octanol–water partition coefficient (Wildman–Crippen LogP) is 12.5. The molecule has 0 bridgehead atoms. The molecule has 0 aromatic carbocycles. The fourth-order valence-corrected chi connectivity index (χ4v) is 4.98. The van der Waals surface area contributed by atoms with Crippen molar-refractivity contribution in [3.8, 4) is 0 Å². The van der Waals surface area contributed by atoms with Gasteiger partial charge in [0.1, 0.15) is 13.2 Å². The van der Waals surface area contributed by atoms with E-state index in [1.165, 1.54) is 51.4 Å². The topological polar surface area (TPSA) is 78.9 Å². The number of ether oxygens (including phenoxy) is 3. The first-order valence-electron chi connectivity index (χ1n) is 20.1. The number of carbonyl (C=O) groups excluding carboxylic acids is 3. The van der Waals surface area contributed by atoms with Crippen molar-refractivity contribution in [1.29, 1.82) is 0 Å². The van der Waals surface area contributed by atoms with Crippen molar-refractivity contribution in [1.82, 2.24) is 0 Å². The maximum Gasteiger partial charge on any atom is 0.310 e. The van der Waals surface area contributed by atoms with E-state index in [1.54, 1.807) is 6.08 Å². The summed E-state index contributed by atoms with van der Waals surface area (Å²) in [4.78, 5) is 37.4. The molecular formula is C45H72O6. The third-order valence-corrected chi connectivity index (χ3v) is 7.96. The monoisotopic (exact) mass is 709 g/mol. The normalized spacial score (nSPS) is 12.9. The molecule has 0 aliphatic heterocycles. The van der Waals surface area contributed by atoms with Crippen molar-refractivity contribution in [2.45, 2.75) is 168 Å². The number of unbranched alkanes of at least 4 members (excludes halogenated alkanes) is 12. The van der Waals surface area contributed by atoms with Crippen LogP contribution in [0.15, 0.2) is 85.1 Å². The van der Waals surface area contributed by atoms with Crippen LogP contribution in [0, 0.1) is 0 Å². The van der Waals surface area contributed by atoms with Crippen molar-refractivity contribution in [3.05, 3.63) is 85.1 Å². The van der Waals surface area contributed by atoms with Crippen LogP contribution in [0.1, 0.15) is 162 Å². The van der Waals surface area contributed by atoms with E-state index in [9.17, 15) is 14.4 Å². The summed E-state index contributed by atoms with van der Waals surface area (Å²) < 4.78 is 16.4. The van der Waals surface area contributed by atoms with Crippen LogP contribution in [0.3, 0.4) is 0 Å². The highest BCUT2D eigenvalue weighted by atomic mass is 16.6. The van der Waals surface area contributed by atoms with Crippen LogP contribution in [0.5, 0.6) is 0 Å². The van der Waals surface area contributed by atoms with E-state index >= 15 is 0 Å². The van der Waals surface area contributed by atoms with E-state index < -0.39 is 12.1 Å². The zero-order valence-corrected chi connectivity index (χ0v) is 32.6. The van der Waals surface area contributed by atoms with E-state index in [-0.39, 0.29) is 38.0 Å². The molecule has 0 aromatic heterocycles. The fraction of sp³-hybridized carbons (Fsp3) is 0.622. The van der Waals surface area contributed by atoms with E-state index in [1.807, 2.05) is 6.08 Å². The van der Waals surface area contributed by atoms with Gasteiger partial charge in [-0.05, 0) is 70.6 Å². The van der Waals surface area contributed by atoms with E-state index in [0.29, 0.717) is 12.8 Å². The maximum absolute atomic E-state index is 12.5. The van der Waals surface area contributed by atoms with Gasteiger partial charge in [-0.2, -0.15) is 0 Å². The van der Waals surface area contributed by atoms with Crippen LogP contribution in [-0.2, 0) is 28.6 Å². The largest absolute Gasteiger partial charge is 0.462 e. The first kappa shape index (κ1) is 47.6. The zero-order chi connectivity index (χ0) is 37.3. The molecule has 6 heteroatoms. The van der Waals surface area contributed by atoms with Crippen molar-refractivity contribution >= 4 is 17.9 Å². The quantitative estimate of drug-likeness (QED) is 0.0218. The molecule has 0 amide bonds. The minimum absolute atomic E-state index is 0.0950. The number of carbonyl (C=O) groups is 3. The summed E-state index contributed by atoms with van der Waals surface area (Å²) in [6.45, 7) is 6.18. The molecule has 0 saturated heterocycles. The minimum atomic E-state index is -0.837. The van der Waals surface area contributed by atoms with Crippen LogP contribution >= 0.6 is 0 Å². The molecule has 0 aliphatic carbocycles. The molecule has 0 saturated carbocycles. The summed E-state index contributed by atoms with van der Waals surface area (Å²) in [6, 6.07) is 0. The van der Waals surface area contributed by atoms with Crippen LogP contribution in [0.4, 0.5) is 0 Å². The Balaban J connectivity index is 4.47. The molecule has 0 rings (SSSR count). The predicted molar refractivity (Wildman–Crippen MR) is 214 cm³/mol. The Morgan fingerprint density at radius 3 is 1.57 bits per heavy atom. The summed E-state index contributed by atoms with van der Waals surface area (Å²) in [7, 11) is 0. The molecule has 0 spiro atoms. The highest BCUT2D eigenvalue weighted by Gasteiger charge is 2.19. The molecule has 1 atom stereocenters. The fourth-order valence-electron chi connectivity index (χ4n) is 4.98. The second-order valence-electron chi connectivity index (χ2n) is 12.9. The molecule has 0 radical (unpaired) electrons. The van der Waals surface area contributed by atoms with Gasteiger partial charge in [-0.1, -0.05) is 157 Å². The van der Waals surface area contributed by atoms with Gasteiger partial charge in [-0.3, -0.25) is 14.4 Å². The van der Waals surface area contributed by atoms with Crippen LogP contribution in [0.25, 0.3) is 0 Å². The SMILES string of the molecule is CC\C=C/C=C\C=C/CCCCCCCCCC(=O)OCC(COC(=O)CCC/C=C\CCCCCC)OC(=O)C/C=C\C/C=C\C/C=C\CC. The molecule has 0 fully saturated rings. The molecular weight excluding hydrogens is 636 g/mol. The van der Waals surface area contributed by atoms with Gasteiger partial charge in [0.25, 0.3) is 0 Å². The summed E-state index contributed by atoms with van der Waals surface area (Å²) in [5, 5.41) is 0. The van der Waals surface area contributed by atoms with Gasteiger partial charge in [-0.25, -0.2) is 0 Å². The number of rotatable bonds is 34. The standard InChI is InChI=1S/C45H72O6/c1-4-7-10-13-16-19-20-21-22-23-24-27-29-32-35-38-44(47)50-41-42(51-45(48)39-36-33-30-26-18-15-12-9-6-3)40-49-43(46)37-34-31-28-25-17-14-11-8-5-2/h7,9-10,12-13,16,18-20,25-26,28,33,36,42H,4-6,8,11,14-15,17,21-24,27,29-32,34-35,37-41H2,1-3H3/b10-7-,12-9-,16-13-,20-19-,26-18-,28-25-,36-33-. The molecule has 288 valence electrons. The lowest BCUT2D eigenvalue weighted by atomic mass is 10.1. The summed E-state index contributed by atoms with van der Waals surface area (Å²) in [6.07, 6.45) is 49.0.